The molecule has 0 N–H and O–H groups in total. The van der Waals surface area contributed by atoms with E-state index in [0.717, 1.165) is 19.1 Å². The van der Waals surface area contributed by atoms with E-state index in [1.165, 1.54) is 19.3 Å². The zero-order valence-electron chi connectivity index (χ0n) is 7.83. The summed E-state index contributed by atoms with van der Waals surface area (Å²) in [7, 11) is 0. The van der Waals surface area contributed by atoms with Crippen molar-refractivity contribution >= 4 is 6.29 Å². The van der Waals surface area contributed by atoms with Gasteiger partial charge in [-0.25, -0.2) is 0 Å². The van der Waals surface area contributed by atoms with Gasteiger partial charge in [0, 0.05) is 0 Å². The van der Waals surface area contributed by atoms with Gasteiger partial charge in [0.1, 0.15) is 6.29 Å². The van der Waals surface area contributed by atoms with E-state index in [9.17, 15) is 4.79 Å². The molecule has 0 saturated carbocycles. The fourth-order valence-electron chi connectivity index (χ4n) is 0.961. The Kier molecular flexibility index (Phi) is 9.43. The van der Waals surface area contributed by atoms with E-state index in [2.05, 4.69) is 19.1 Å². The van der Waals surface area contributed by atoms with Gasteiger partial charge in [0.25, 0.3) is 0 Å². The molecular formula is C11H18O. The predicted molar refractivity (Wildman–Crippen MR) is 53.1 cm³/mol. The third-order valence-corrected chi connectivity index (χ3v) is 1.61. The summed E-state index contributed by atoms with van der Waals surface area (Å²) >= 11 is 0. The highest BCUT2D eigenvalue weighted by molar-refractivity contribution is 5.64. The van der Waals surface area contributed by atoms with E-state index in [0.29, 0.717) is 0 Å². The molecule has 0 radical (unpaired) electrons. The molecule has 0 rings (SSSR count). The Morgan fingerprint density at radius 1 is 1.00 bits per heavy atom. The lowest BCUT2D eigenvalue weighted by molar-refractivity contribution is -0.104. The number of allylic oxidation sites excluding steroid dienone is 4. The third kappa shape index (κ3) is 9.15. The molecule has 0 bridgehead atoms. The summed E-state index contributed by atoms with van der Waals surface area (Å²) in [6.45, 7) is 2.14. The molecule has 0 amide bonds. The van der Waals surface area contributed by atoms with Crippen LogP contribution in [0.4, 0.5) is 0 Å². The second kappa shape index (κ2) is 10.2. The van der Waals surface area contributed by atoms with Crippen LogP contribution in [0.2, 0.25) is 0 Å². The second-order valence-electron chi connectivity index (χ2n) is 2.73. The Bertz CT molecular complexity index is 145. The van der Waals surface area contributed by atoms with Crippen molar-refractivity contribution in [3.63, 3.8) is 0 Å². The molecule has 12 heavy (non-hydrogen) atoms. The number of rotatable bonds is 7. The molecule has 0 aliphatic carbocycles. The van der Waals surface area contributed by atoms with Crippen molar-refractivity contribution in [3.05, 3.63) is 24.3 Å². The zero-order chi connectivity index (χ0) is 9.07. The Labute approximate surface area is 75.2 Å². The first-order valence-electron chi connectivity index (χ1n) is 4.67. The van der Waals surface area contributed by atoms with Crippen molar-refractivity contribution in [2.45, 2.75) is 39.0 Å². The minimum Gasteiger partial charge on any atom is -0.299 e. The molecule has 1 heteroatoms. The lowest BCUT2D eigenvalue weighted by Crippen LogP contribution is -1.72. The number of hydrogen-bond acceptors (Lipinski definition) is 1. The van der Waals surface area contributed by atoms with E-state index in [4.69, 9.17) is 0 Å². The summed E-state index contributed by atoms with van der Waals surface area (Å²) in [6.07, 6.45) is 14.5. The summed E-state index contributed by atoms with van der Waals surface area (Å²) in [6, 6.07) is 0. The second-order valence-corrected chi connectivity index (χ2v) is 2.73. The van der Waals surface area contributed by atoms with Crippen LogP contribution in [0.1, 0.15) is 39.0 Å². The minimum atomic E-state index is 0.830. The molecular weight excluding hydrogens is 148 g/mol. The van der Waals surface area contributed by atoms with Gasteiger partial charge in [-0.3, -0.25) is 4.79 Å². The molecule has 0 aromatic heterocycles. The van der Waals surface area contributed by atoms with E-state index in [1.54, 1.807) is 6.08 Å². The fraction of sp³-hybridized carbons (Fsp3) is 0.545. The van der Waals surface area contributed by atoms with Crippen molar-refractivity contribution in [1.29, 1.82) is 0 Å². The van der Waals surface area contributed by atoms with Crippen LogP contribution in [0.15, 0.2) is 24.3 Å². The highest BCUT2D eigenvalue weighted by atomic mass is 16.1. The fourth-order valence-corrected chi connectivity index (χ4v) is 0.961. The molecule has 0 heterocycles. The van der Waals surface area contributed by atoms with Gasteiger partial charge in [0.15, 0.2) is 0 Å². The van der Waals surface area contributed by atoms with Gasteiger partial charge < -0.3 is 0 Å². The van der Waals surface area contributed by atoms with Gasteiger partial charge in [-0.2, -0.15) is 0 Å². The van der Waals surface area contributed by atoms with Crippen LogP contribution in [-0.2, 0) is 4.79 Å². The van der Waals surface area contributed by atoms with E-state index in [1.807, 2.05) is 6.08 Å². The molecule has 0 aliphatic rings. The molecule has 68 valence electrons. The van der Waals surface area contributed by atoms with Crippen LogP contribution in [0.3, 0.4) is 0 Å². The minimum absolute atomic E-state index is 0.830. The Balaban J connectivity index is 3.05. The first kappa shape index (κ1) is 11.2. The highest BCUT2D eigenvalue weighted by Crippen LogP contribution is 2.01. The monoisotopic (exact) mass is 166 g/mol. The van der Waals surface area contributed by atoms with Gasteiger partial charge in [-0.15, -0.1) is 0 Å². The van der Waals surface area contributed by atoms with Crippen molar-refractivity contribution in [2.75, 3.05) is 0 Å². The van der Waals surface area contributed by atoms with Crippen LogP contribution in [0, 0.1) is 0 Å². The number of carbonyl (C=O) groups excluding carboxylic acids is 1. The van der Waals surface area contributed by atoms with Crippen molar-refractivity contribution in [3.8, 4) is 0 Å². The Morgan fingerprint density at radius 2 is 1.67 bits per heavy atom. The average molecular weight is 166 g/mol. The van der Waals surface area contributed by atoms with Crippen LogP contribution in [0.25, 0.3) is 0 Å². The SMILES string of the molecule is CC/C=C/CCCC/C=C/C=O. The molecule has 0 saturated heterocycles. The smallest absolute Gasteiger partial charge is 0.142 e. The molecule has 1 nitrogen and oxygen atoms in total. The Morgan fingerprint density at radius 3 is 2.25 bits per heavy atom. The molecule has 0 aromatic rings. The van der Waals surface area contributed by atoms with Crippen molar-refractivity contribution in [1.82, 2.24) is 0 Å². The third-order valence-electron chi connectivity index (χ3n) is 1.61. The molecule has 0 fully saturated rings. The van der Waals surface area contributed by atoms with E-state index >= 15 is 0 Å². The average Bonchev–Trinajstić information content (AvgIpc) is 2.10. The lowest BCUT2D eigenvalue weighted by atomic mass is 10.2. The summed E-state index contributed by atoms with van der Waals surface area (Å²) in [5, 5.41) is 0. The first-order valence-corrected chi connectivity index (χ1v) is 4.67. The normalized spacial score (nSPS) is 11.4. The van der Waals surface area contributed by atoms with Crippen molar-refractivity contribution in [2.24, 2.45) is 0 Å². The topological polar surface area (TPSA) is 17.1 Å². The summed E-state index contributed by atoms with van der Waals surface area (Å²) in [5.41, 5.74) is 0. The maximum Gasteiger partial charge on any atom is 0.142 e. The molecule has 0 atom stereocenters. The van der Waals surface area contributed by atoms with Crippen LogP contribution < -0.4 is 0 Å². The Hall–Kier alpha value is -0.850. The maximum absolute atomic E-state index is 9.88. The number of aldehydes is 1. The van der Waals surface area contributed by atoms with Crippen LogP contribution in [-0.4, -0.2) is 6.29 Å². The van der Waals surface area contributed by atoms with Crippen molar-refractivity contribution < 1.29 is 4.79 Å². The van der Waals surface area contributed by atoms with E-state index in [-0.39, 0.29) is 0 Å². The number of unbranched alkanes of at least 4 members (excludes halogenated alkanes) is 3. The quantitative estimate of drug-likeness (QED) is 0.245. The maximum atomic E-state index is 9.88. The summed E-state index contributed by atoms with van der Waals surface area (Å²) in [5.74, 6) is 0. The summed E-state index contributed by atoms with van der Waals surface area (Å²) < 4.78 is 0. The molecule has 0 unspecified atom stereocenters. The zero-order valence-corrected chi connectivity index (χ0v) is 7.83. The predicted octanol–water partition coefficient (Wildman–Crippen LogP) is 3.27. The first-order chi connectivity index (χ1) is 5.91. The standard InChI is InChI=1S/C11H18O/c1-2-3-4-5-6-7-8-9-10-11-12/h3-4,9-11H,2,5-8H2,1H3/b4-3+,10-9+. The summed E-state index contributed by atoms with van der Waals surface area (Å²) in [4.78, 5) is 9.88. The van der Waals surface area contributed by atoms with Crippen LogP contribution >= 0.6 is 0 Å². The lowest BCUT2D eigenvalue weighted by Gasteiger charge is -1.91. The van der Waals surface area contributed by atoms with Gasteiger partial charge in [0.05, 0.1) is 0 Å². The number of hydrogen-bond donors (Lipinski definition) is 0. The van der Waals surface area contributed by atoms with Gasteiger partial charge in [-0.05, 0) is 38.2 Å². The number of carbonyl (C=O) groups is 1. The molecule has 0 aliphatic heterocycles. The van der Waals surface area contributed by atoms with E-state index < -0.39 is 0 Å². The van der Waals surface area contributed by atoms with Gasteiger partial charge >= 0.3 is 0 Å². The van der Waals surface area contributed by atoms with Crippen LogP contribution in [0.5, 0.6) is 0 Å². The molecule has 0 aromatic carbocycles. The van der Waals surface area contributed by atoms with Gasteiger partial charge in [-0.1, -0.05) is 25.2 Å². The highest BCUT2D eigenvalue weighted by Gasteiger charge is 1.82. The largest absolute Gasteiger partial charge is 0.299 e. The molecule has 0 spiro atoms. The van der Waals surface area contributed by atoms with Gasteiger partial charge in [0.2, 0.25) is 0 Å².